The number of ether oxygens (including phenoxy) is 2. The lowest BCUT2D eigenvalue weighted by molar-refractivity contribution is -0.130. The van der Waals surface area contributed by atoms with Crippen LogP contribution in [0.25, 0.3) is 10.9 Å². The molecule has 0 spiro atoms. The summed E-state index contributed by atoms with van der Waals surface area (Å²) in [6.45, 7) is 2.32. The lowest BCUT2D eigenvalue weighted by Crippen LogP contribution is -2.56. The van der Waals surface area contributed by atoms with E-state index in [4.69, 9.17) is 9.47 Å². The second-order valence-corrected chi connectivity index (χ2v) is 11.5. The third kappa shape index (κ3) is 5.15. The number of fused-ring (bicyclic) bond motifs is 2. The number of aliphatic hydroxyl groups excluding tert-OH is 1. The van der Waals surface area contributed by atoms with Gasteiger partial charge in [0, 0.05) is 49.6 Å². The number of likely N-dealkylation sites (tertiary alicyclic amines) is 1. The zero-order chi connectivity index (χ0) is 31.1. The molecule has 2 N–H and O–H groups in total. The Balaban J connectivity index is 1.30. The second-order valence-electron chi connectivity index (χ2n) is 11.5. The average Bonchev–Trinajstić information content (AvgIpc) is 3.59. The van der Waals surface area contributed by atoms with Crippen LogP contribution in [-0.4, -0.2) is 71.2 Å². The number of rotatable bonds is 7. The maximum absolute atomic E-state index is 14.1. The number of nitrogens with zero attached hydrogens (tertiary/aromatic N) is 3. The molecule has 10 nitrogen and oxygen atoms in total. The van der Waals surface area contributed by atoms with Crippen LogP contribution >= 0.6 is 0 Å². The summed E-state index contributed by atoms with van der Waals surface area (Å²) in [6.07, 6.45) is 1.20. The summed E-state index contributed by atoms with van der Waals surface area (Å²) >= 11 is 0. The maximum atomic E-state index is 14.1. The van der Waals surface area contributed by atoms with Gasteiger partial charge in [-0.1, -0.05) is 42.5 Å². The number of carbonyl (C=O) groups excluding carboxylic acids is 3. The molecule has 3 amide bonds. The molecular formula is C34H36N4O6. The van der Waals surface area contributed by atoms with E-state index < -0.39 is 24.1 Å². The highest BCUT2D eigenvalue weighted by Crippen LogP contribution is 2.39. The fourth-order valence-electron chi connectivity index (χ4n) is 6.39. The first-order valence-corrected chi connectivity index (χ1v) is 14.6. The molecule has 0 aliphatic carbocycles. The van der Waals surface area contributed by atoms with Crippen molar-refractivity contribution in [1.82, 2.24) is 14.8 Å². The monoisotopic (exact) mass is 596 g/mol. The number of β-amino-alcohol motifs (C(OH)–C–C–N with tert-alkyl or cyclic N) is 1. The number of carbonyl (C=O) groups is 3. The predicted molar refractivity (Wildman–Crippen MR) is 166 cm³/mol. The van der Waals surface area contributed by atoms with Crippen LogP contribution in [0, 0.1) is 6.92 Å². The highest BCUT2D eigenvalue weighted by Gasteiger charge is 2.42. The molecule has 44 heavy (non-hydrogen) atoms. The van der Waals surface area contributed by atoms with Crippen molar-refractivity contribution in [1.29, 1.82) is 0 Å². The molecule has 0 bridgehead atoms. The molecule has 2 aliphatic rings. The number of benzene rings is 3. The van der Waals surface area contributed by atoms with Gasteiger partial charge in [-0.2, -0.15) is 0 Å². The number of nitrogens with one attached hydrogen (secondary N) is 1. The third-order valence-corrected chi connectivity index (χ3v) is 8.74. The summed E-state index contributed by atoms with van der Waals surface area (Å²) in [5.41, 5.74) is 4.86. The SMILES string of the molecule is COc1cc2c(cc1OC)N(Cc1ccccc1C)C(=O)C(NC(=O)[C@@H]1C[C@@H](O)CN1C(=O)c1cn(C)c3ccccc13)C2. The van der Waals surface area contributed by atoms with Gasteiger partial charge in [-0.3, -0.25) is 14.4 Å². The second kappa shape index (κ2) is 11.7. The Bertz CT molecular complexity index is 1760. The van der Waals surface area contributed by atoms with E-state index in [0.717, 1.165) is 27.6 Å². The Morgan fingerprint density at radius 1 is 1.02 bits per heavy atom. The van der Waals surface area contributed by atoms with Gasteiger partial charge < -0.3 is 34.3 Å². The summed E-state index contributed by atoms with van der Waals surface area (Å²) in [5.74, 6) is -0.0666. The number of methoxy groups -OCH3 is 2. The van der Waals surface area contributed by atoms with Crippen molar-refractivity contribution in [3.63, 3.8) is 0 Å². The largest absolute Gasteiger partial charge is 0.493 e. The number of aryl methyl sites for hydroxylation is 2. The maximum Gasteiger partial charge on any atom is 0.256 e. The molecule has 3 aromatic carbocycles. The molecule has 0 radical (unpaired) electrons. The molecule has 6 rings (SSSR count). The van der Waals surface area contributed by atoms with E-state index in [1.165, 1.54) is 4.90 Å². The number of amides is 3. The highest BCUT2D eigenvalue weighted by molar-refractivity contribution is 6.09. The molecular weight excluding hydrogens is 560 g/mol. The normalized spacial score (nSPS) is 19.7. The standard InChI is InChI=1S/C34H36N4O6/c1-20-9-5-6-10-21(20)17-37-28-16-31(44-4)30(43-3)14-22(28)13-26(34(37)42)35-32(40)29-15-23(39)18-38(29)33(41)25-19-36(2)27-12-8-7-11-24(25)27/h5-12,14,16,19,23,26,29,39H,13,15,17-18H2,1-4H3,(H,35,40)/t23-,26?,29+/m1/s1. The Labute approximate surface area is 255 Å². The van der Waals surface area contributed by atoms with Crippen molar-refractivity contribution in [2.24, 2.45) is 7.05 Å². The predicted octanol–water partition coefficient (Wildman–Crippen LogP) is 3.35. The molecule has 1 fully saturated rings. The van der Waals surface area contributed by atoms with Crippen molar-refractivity contribution in [2.45, 2.75) is 44.5 Å². The molecule has 1 unspecified atom stereocenters. The summed E-state index contributed by atoms with van der Waals surface area (Å²) in [7, 11) is 4.96. The third-order valence-electron chi connectivity index (χ3n) is 8.74. The van der Waals surface area contributed by atoms with Gasteiger partial charge in [0.2, 0.25) is 11.8 Å². The minimum Gasteiger partial charge on any atom is -0.493 e. The molecule has 1 aromatic heterocycles. The lowest BCUT2D eigenvalue weighted by Gasteiger charge is -2.36. The fraction of sp³-hybridized carbons (Fsp3) is 0.324. The van der Waals surface area contributed by atoms with E-state index in [-0.39, 0.29) is 31.2 Å². The minimum atomic E-state index is -0.930. The summed E-state index contributed by atoms with van der Waals surface area (Å²) in [6, 6.07) is 17.2. The molecule has 3 heterocycles. The Morgan fingerprint density at radius 3 is 2.48 bits per heavy atom. The smallest absolute Gasteiger partial charge is 0.256 e. The van der Waals surface area contributed by atoms with Gasteiger partial charge in [0.15, 0.2) is 11.5 Å². The van der Waals surface area contributed by atoms with Crippen LogP contribution in [0.15, 0.2) is 66.9 Å². The topological polar surface area (TPSA) is 113 Å². The van der Waals surface area contributed by atoms with E-state index in [0.29, 0.717) is 29.3 Å². The van der Waals surface area contributed by atoms with Crippen LogP contribution in [0.2, 0.25) is 0 Å². The lowest BCUT2D eigenvalue weighted by atomic mass is 9.95. The van der Waals surface area contributed by atoms with Crippen LogP contribution in [0.3, 0.4) is 0 Å². The molecule has 1 saturated heterocycles. The number of anilines is 1. The van der Waals surface area contributed by atoms with Gasteiger partial charge in [0.05, 0.1) is 38.1 Å². The molecule has 0 saturated carbocycles. The Hall–Kier alpha value is -4.83. The number of hydrogen-bond acceptors (Lipinski definition) is 6. The van der Waals surface area contributed by atoms with Gasteiger partial charge in [0.25, 0.3) is 5.91 Å². The van der Waals surface area contributed by atoms with Gasteiger partial charge in [0.1, 0.15) is 12.1 Å². The molecule has 228 valence electrons. The quantitative estimate of drug-likeness (QED) is 0.339. The number of aliphatic hydroxyl groups is 1. The van der Waals surface area contributed by atoms with Crippen LogP contribution < -0.4 is 19.7 Å². The van der Waals surface area contributed by atoms with Crippen LogP contribution in [0.4, 0.5) is 5.69 Å². The van der Waals surface area contributed by atoms with Crippen molar-refractivity contribution < 1.29 is 29.0 Å². The molecule has 3 atom stereocenters. The van der Waals surface area contributed by atoms with Gasteiger partial charge >= 0.3 is 0 Å². The van der Waals surface area contributed by atoms with E-state index in [2.05, 4.69) is 5.32 Å². The van der Waals surface area contributed by atoms with Crippen molar-refractivity contribution in [3.8, 4) is 11.5 Å². The van der Waals surface area contributed by atoms with Gasteiger partial charge in [-0.15, -0.1) is 0 Å². The zero-order valence-corrected chi connectivity index (χ0v) is 25.2. The Morgan fingerprint density at radius 2 is 1.73 bits per heavy atom. The molecule has 4 aromatic rings. The van der Waals surface area contributed by atoms with Gasteiger partial charge in [-0.25, -0.2) is 0 Å². The van der Waals surface area contributed by atoms with Crippen molar-refractivity contribution in [2.75, 3.05) is 25.7 Å². The molecule has 10 heteroatoms. The van der Waals surface area contributed by atoms with E-state index in [1.807, 2.05) is 73.1 Å². The zero-order valence-electron chi connectivity index (χ0n) is 25.2. The highest BCUT2D eigenvalue weighted by atomic mass is 16.5. The fourth-order valence-corrected chi connectivity index (χ4v) is 6.39. The van der Waals surface area contributed by atoms with Crippen LogP contribution in [-0.2, 0) is 29.6 Å². The van der Waals surface area contributed by atoms with Crippen molar-refractivity contribution >= 4 is 34.3 Å². The first-order valence-electron chi connectivity index (χ1n) is 14.6. The summed E-state index contributed by atoms with van der Waals surface area (Å²) in [4.78, 5) is 44.8. The van der Waals surface area contributed by atoms with Gasteiger partial charge in [-0.05, 0) is 35.7 Å². The summed E-state index contributed by atoms with van der Waals surface area (Å²) < 4.78 is 12.9. The average molecular weight is 597 g/mol. The van der Waals surface area contributed by atoms with Crippen molar-refractivity contribution in [3.05, 3.63) is 89.1 Å². The number of aromatic nitrogens is 1. The van der Waals surface area contributed by atoms with Crippen LogP contribution in [0.5, 0.6) is 11.5 Å². The van der Waals surface area contributed by atoms with E-state index in [1.54, 1.807) is 31.4 Å². The first-order chi connectivity index (χ1) is 21.2. The first kappa shape index (κ1) is 29.3. The minimum absolute atomic E-state index is 0.0258. The van der Waals surface area contributed by atoms with E-state index in [9.17, 15) is 19.5 Å². The number of hydrogen-bond donors (Lipinski definition) is 2. The summed E-state index contributed by atoms with van der Waals surface area (Å²) in [5, 5.41) is 14.3. The molecule has 2 aliphatic heterocycles. The Kier molecular flexibility index (Phi) is 7.77. The number of para-hydroxylation sites is 1. The van der Waals surface area contributed by atoms with E-state index >= 15 is 0 Å². The van der Waals surface area contributed by atoms with Crippen LogP contribution in [0.1, 0.15) is 33.5 Å².